The van der Waals surface area contributed by atoms with Crippen molar-refractivity contribution in [3.05, 3.63) is 41.7 Å². The van der Waals surface area contributed by atoms with Crippen LogP contribution in [0.25, 0.3) is 0 Å². The maximum Gasteiger partial charge on any atom is 0.245 e. The van der Waals surface area contributed by atoms with Gasteiger partial charge < -0.3 is 15.8 Å². The number of nitrogens with one attached hydrogen (secondary N) is 1. The molecule has 1 aromatic heterocycles. The van der Waals surface area contributed by atoms with Gasteiger partial charge in [-0.25, -0.2) is 9.98 Å². The van der Waals surface area contributed by atoms with Crippen LogP contribution in [-0.2, 0) is 4.79 Å². The number of aromatic nitrogens is 2. The number of nitrogen functional groups attached to an aromatic ring is 1. The van der Waals surface area contributed by atoms with Gasteiger partial charge in [0.25, 0.3) is 0 Å². The normalized spacial score (nSPS) is 20.6. The van der Waals surface area contributed by atoms with Gasteiger partial charge in [-0.1, -0.05) is 24.3 Å². The Labute approximate surface area is 177 Å². The van der Waals surface area contributed by atoms with Crippen LogP contribution >= 0.6 is 0 Å². The van der Waals surface area contributed by atoms with E-state index in [-0.39, 0.29) is 5.91 Å². The molecule has 158 valence electrons. The number of carbonyl (C=O) groups is 1. The molecule has 4 rings (SSSR count). The van der Waals surface area contributed by atoms with Crippen LogP contribution in [0.15, 0.2) is 35.6 Å². The van der Waals surface area contributed by atoms with Gasteiger partial charge >= 0.3 is 0 Å². The number of rotatable bonds is 6. The van der Waals surface area contributed by atoms with Crippen LogP contribution in [-0.4, -0.2) is 34.7 Å². The van der Waals surface area contributed by atoms with Crippen LogP contribution in [0.5, 0.6) is 5.88 Å². The molecule has 0 atom stereocenters. The summed E-state index contributed by atoms with van der Waals surface area (Å²) in [7, 11) is 0. The first-order valence-electron chi connectivity index (χ1n) is 10.8. The fourth-order valence-electron chi connectivity index (χ4n) is 4.39. The van der Waals surface area contributed by atoms with Crippen molar-refractivity contribution < 1.29 is 9.53 Å². The monoisotopic (exact) mass is 407 g/mol. The first kappa shape index (κ1) is 20.3. The Balaban J connectivity index is 1.35. The summed E-state index contributed by atoms with van der Waals surface area (Å²) in [4.78, 5) is 24.4. The highest BCUT2D eigenvalue weighted by atomic mass is 16.5. The second-order valence-corrected chi connectivity index (χ2v) is 8.09. The highest BCUT2D eigenvalue weighted by molar-refractivity contribution is 6.04. The molecule has 2 aliphatic rings. The zero-order valence-corrected chi connectivity index (χ0v) is 17.4. The molecule has 30 heavy (non-hydrogen) atoms. The van der Waals surface area contributed by atoms with E-state index in [1.54, 1.807) is 0 Å². The summed E-state index contributed by atoms with van der Waals surface area (Å²) < 4.78 is 5.69. The predicted octanol–water partition coefficient (Wildman–Crippen LogP) is 3.76. The Bertz CT molecular complexity index is 918. The molecule has 2 aromatic rings. The summed E-state index contributed by atoms with van der Waals surface area (Å²) in [5, 5.41) is 2.89. The number of carbonyl (C=O) groups excluding carboxylic acids is 1. The molecule has 0 spiro atoms. The van der Waals surface area contributed by atoms with Crippen LogP contribution in [0, 0.1) is 5.92 Å². The number of amides is 1. The molecule has 7 heteroatoms. The number of benzene rings is 1. The fourth-order valence-corrected chi connectivity index (χ4v) is 4.39. The smallest absolute Gasteiger partial charge is 0.245 e. The average molecular weight is 408 g/mol. The molecule has 0 bridgehead atoms. The van der Waals surface area contributed by atoms with Gasteiger partial charge in [-0.2, -0.15) is 4.98 Å². The lowest BCUT2D eigenvalue weighted by atomic mass is 9.77. The van der Waals surface area contributed by atoms with Crippen molar-refractivity contribution in [3.63, 3.8) is 0 Å². The van der Waals surface area contributed by atoms with Gasteiger partial charge in [-0.15, -0.1) is 0 Å². The second-order valence-electron chi connectivity index (χ2n) is 8.09. The Kier molecular flexibility index (Phi) is 6.26. The van der Waals surface area contributed by atoms with Gasteiger partial charge in [0.15, 0.2) is 11.5 Å². The summed E-state index contributed by atoms with van der Waals surface area (Å²) in [6, 6.07) is 8.64. The van der Waals surface area contributed by atoms with Gasteiger partial charge in [0.05, 0.1) is 5.71 Å². The second kappa shape index (κ2) is 9.24. The number of fused-ring (bicyclic) bond motifs is 1. The highest BCUT2D eigenvalue weighted by Crippen LogP contribution is 2.38. The Morgan fingerprint density at radius 2 is 1.93 bits per heavy atom. The van der Waals surface area contributed by atoms with Crippen molar-refractivity contribution in [1.29, 1.82) is 0 Å². The summed E-state index contributed by atoms with van der Waals surface area (Å²) in [6.45, 7) is 3.05. The van der Waals surface area contributed by atoms with Gasteiger partial charge in [0, 0.05) is 13.0 Å². The molecule has 1 fully saturated rings. The van der Waals surface area contributed by atoms with Crippen molar-refractivity contribution in [2.45, 2.75) is 51.4 Å². The molecule has 1 aliphatic carbocycles. The first-order valence-corrected chi connectivity index (χ1v) is 10.8. The number of hydrogen-bond acceptors (Lipinski definition) is 6. The third kappa shape index (κ3) is 4.61. The molecular formula is C23H29N5O2. The van der Waals surface area contributed by atoms with Crippen LogP contribution in [0.1, 0.15) is 62.5 Å². The van der Waals surface area contributed by atoms with E-state index in [4.69, 9.17) is 10.5 Å². The van der Waals surface area contributed by atoms with E-state index >= 15 is 0 Å². The molecule has 0 radical (unpaired) electrons. The van der Waals surface area contributed by atoms with Crippen molar-refractivity contribution in [3.8, 4) is 5.88 Å². The van der Waals surface area contributed by atoms with Crippen LogP contribution in [0.4, 0.5) is 11.5 Å². The topological polar surface area (TPSA) is 102 Å². The lowest BCUT2D eigenvalue weighted by Gasteiger charge is -2.29. The molecule has 2 heterocycles. The number of nitrogens with zero attached hydrogens (tertiary/aromatic N) is 3. The molecule has 1 amide bonds. The molecule has 1 saturated carbocycles. The average Bonchev–Trinajstić information content (AvgIpc) is 2.78. The Morgan fingerprint density at radius 3 is 2.67 bits per heavy atom. The van der Waals surface area contributed by atoms with Crippen LogP contribution < -0.4 is 15.8 Å². The SMILES string of the molecule is CCNC(=O)CCC1CCC(c2ccc(C3=Nc4c(N)ncnc4OC3)cc2)CC1. The minimum atomic E-state index is 0.181. The van der Waals surface area contributed by atoms with Gasteiger partial charge in [0.2, 0.25) is 11.8 Å². The van der Waals surface area contributed by atoms with Gasteiger partial charge in [0.1, 0.15) is 12.9 Å². The quantitative estimate of drug-likeness (QED) is 0.759. The summed E-state index contributed by atoms with van der Waals surface area (Å²) >= 11 is 0. The van der Waals surface area contributed by atoms with Crippen LogP contribution in [0.2, 0.25) is 0 Å². The summed E-state index contributed by atoms with van der Waals surface area (Å²) in [6.07, 6.45) is 7.81. The summed E-state index contributed by atoms with van der Waals surface area (Å²) in [5.41, 5.74) is 9.66. The van der Waals surface area contributed by atoms with Crippen molar-refractivity contribution in [2.75, 3.05) is 18.9 Å². The van der Waals surface area contributed by atoms with E-state index in [1.165, 1.54) is 37.6 Å². The van der Waals surface area contributed by atoms with E-state index in [2.05, 4.69) is 44.5 Å². The lowest BCUT2D eigenvalue weighted by Crippen LogP contribution is -2.23. The molecule has 1 aliphatic heterocycles. The number of nitrogens with two attached hydrogens (primary N) is 1. The third-order valence-corrected chi connectivity index (χ3v) is 6.13. The zero-order chi connectivity index (χ0) is 20.9. The number of ether oxygens (including phenoxy) is 1. The van der Waals surface area contributed by atoms with E-state index < -0.39 is 0 Å². The lowest BCUT2D eigenvalue weighted by molar-refractivity contribution is -0.121. The van der Waals surface area contributed by atoms with Crippen molar-refractivity contribution >= 4 is 23.1 Å². The highest BCUT2D eigenvalue weighted by Gasteiger charge is 2.23. The van der Waals surface area contributed by atoms with Gasteiger partial charge in [-0.05, 0) is 62.0 Å². The largest absolute Gasteiger partial charge is 0.469 e. The van der Waals surface area contributed by atoms with Gasteiger partial charge in [-0.3, -0.25) is 4.79 Å². The Hall–Kier alpha value is -2.96. The maximum atomic E-state index is 11.7. The van der Waals surface area contributed by atoms with E-state index in [0.29, 0.717) is 48.8 Å². The molecule has 1 aromatic carbocycles. The number of anilines is 1. The zero-order valence-electron chi connectivity index (χ0n) is 17.4. The standard InChI is InChI=1S/C23H29N5O2/c1-2-25-20(29)12-5-15-3-6-16(7-4-15)17-8-10-18(11-9-17)19-13-30-23-21(28-19)22(24)26-14-27-23/h8-11,14-16H,2-7,12-13H2,1H3,(H,25,29)(H2,24,26,27). The fraction of sp³-hybridized carbons (Fsp3) is 0.478. The minimum absolute atomic E-state index is 0.181. The van der Waals surface area contributed by atoms with Crippen molar-refractivity contribution in [1.82, 2.24) is 15.3 Å². The molecule has 3 N–H and O–H groups in total. The molecular weight excluding hydrogens is 378 g/mol. The number of aliphatic imine (C=N–C) groups is 1. The van der Waals surface area contributed by atoms with Crippen LogP contribution in [0.3, 0.4) is 0 Å². The Morgan fingerprint density at radius 1 is 1.17 bits per heavy atom. The molecule has 0 unspecified atom stereocenters. The minimum Gasteiger partial charge on any atom is -0.469 e. The van der Waals surface area contributed by atoms with E-state index in [0.717, 1.165) is 17.7 Å². The van der Waals surface area contributed by atoms with Crippen molar-refractivity contribution in [2.24, 2.45) is 10.9 Å². The molecule has 0 saturated heterocycles. The van der Waals surface area contributed by atoms with E-state index in [9.17, 15) is 4.79 Å². The predicted molar refractivity (Wildman–Crippen MR) is 117 cm³/mol. The number of hydrogen-bond donors (Lipinski definition) is 2. The molecule has 7 nitrogen and oxygen atoms in total. The summed E-state index contributed by atoms with van der Waals surface area (Å²) in [5.74, 6) is 2.21. The third-order valence-electron chi connectivity index (χ3n) is 6.13. The van der Waals surface area contributed by atoms with E-state index in [1.807, 2.05) is 6.92 Å². The maximum absolute atomic E-state index is 11.7. The first-order chi connectivity index (χ1) is 14.6.